The summed E-state index contributed by atoms with van der Waals surface area (Å²) in [4.78, 5) is 28.1. The number of thiophene rings is 1. The van der Waals surface area contributed by atoms with E-state index in [1.54, 1.807) is 24.3 Å². The number of rotatable bonds is 9. The van der Waals surface area contributed by atoms with Crippen LogP contribution in [-0.4, -0.2) is 47.6 Å². The summed E-state index contributed by atoms with van der Waals surface area (Å²) >= 11 is 1.45. The standard InChI is InChI=1S/C23H27NO5S/c1-4-28-17-9-5-8-16(14-17)21(25)19-20(18-10-6-13-30-18)24(23(27)22(19)26)11-7-12-29-15(2)3/h5-6,8-10,13-15,20,25H,4,7,11-12H2,1-3H3/b21-19-. The lowest BCUT2D eigenvalue weighted by atomic mass is 9.99. The lowest BCUT2D eigenvalue weighted by molar-refractivity contribution is -0.140. The van der Waals surface area contributed by atoms with Crippen molar-refractivity contribution in [1.29, 1.82) is 0 Å². The van der Waals surface area contributed by atoms with Gasteiger partial charge in [0.15, 0.2) is 0 Å². The van der Waals surface area contributed by atoms with Gasteiger partial charge in [-0.15, -0.1) is 11.3 Å². The largest absolute Gasteiger partial charge is 0.507 e. The zero-order chi connectivity index (χ0) is 21.7. The number of nitrogens with zero attached hydrogens (tertiary/aromatic N) is 1. The Kier molecular flexibility index (Phi) is 7.29. The Morgan fingerprint density at radius 1 is 1.23 bits per heavy atom. The molecule has 1 aromatic carbocycles. The summed E-state index contributed by atoms with van der Waals surface area (Å²) in [5, 5.41) is 12.9. The topological polar surface area (TPSA) is 76.1 Å². The van der Waals surface area contributed by atoms with Gasteiger partial charge in [-0.3, -0.25) is 9.59 Å². The van der Waals surface area contributed by atoms with Crippen molar-refractivity contribution in [2.45, 2.75) is 39.3 Å². The summed E-state index contributed by atoms with van der Waals surface area (Å²) in [5.74, 6) is -0.860. The third kappa shape index (κ3) is 4.74. The number of ether oxygens (including phenoxy) is 2. The summed E-state index contributed by atoms with van der Waals surface area (Å²) in [6.07, 6.45) is 0.707. The van der Waals surface area contributed by atoms with Crippen LogP contribution in [-0.2, 0) is 14.3 Å². The molecule has 7 heteroatoms. The number of likely N-dealkylation sites (tertiary alicyclic amines) is 1. The Hall–Kier alpha value is -2.64. The number of Topliss-reactive ketones (excluding diaryl/α,β-unsaturated/α-hetero) is 1. The number of benzene rings is 1. The van der Waals surface area contributed by atoms with Gasteiger partial charge in [-0.1, -0.05) is 18.2 Å². The molecule has 1 N–H and O–H groups in total. The molecule has 160 valence electrons. The number of carbonyl (C=O) groups excluding carboxylic acids is 2. The Morgan fingerprint density at radius 3 is 2.70 bits per heavy atom. The van der Waals surface area contributed by atoms with E-state index < -0.39 is 17.7 Å². The average Bonchev–Trinajstić information content (AvgIpc) is 3.33. The van der Waals surface area contributed by atoms with Crippen LogP contribution in [0.25, 0.3) is 5.76 Å². The summed E-state index contributed by atoms with van der Waals surface area (Å²) in [5.41, 5.74) is 0.560. The lowest BCUT2D eigenvalue weighted by Crippen LogP contribution is -2.31. The van der Waals surface area contributed by atoms with Crippen molar-refractivity contribution < 1.29 is 24.2 Å². The molecule has 3 rings (SSSR count). The molecule has 0 spiro atoms. The van der Waals surface area contributed by atoms with E-state index >= 15 is 0 Å². The summed E-state index contributed by atoms with van der Waals surface area (Å²) in [6, 6.07) is 10.0. The number of hydrogen-bond donors (Lipinski definition) is 1. The first-order valence-corrected chi connectivity index (χ1v) is 11.0. The molecular formula is C23H27NO5S. The van der Waals surface area contributed by atoms with E-state index in [1.807, 2.05) is 38.3 Å². The molecule has 6 nitrogen and oxygen atoms in total. The van der Waals surface area contributed by atoms with Crippen molar-refractivity contribution in [3.05, 3.63) is 57.8 Å². The van der Waals surface area contributed by atoms with Gasteiger partial charge in [-0.2, -0.15) is 0 Å². The fraction of sp³-hybridized carbons (Fsp3) is 0.391. The van der Waals surface area contributed by atoms with Crippen LogP contribution in [0, 0.1) is 0 Å². The minimum Gasteiger partial charge on any atom is -0.507 e. The molecule has 30 heavy (non-hydrogen) atoms. The van der Waals surface area contributed by atoms with E-state index in [0.29, 0.717) is 37.5 Å². The van der Waals surface area contributed by atoms with E-state index in [0.717, 1.165) is 4.88 Å². The van der Waals surface area contributed by atoms with Gasteiger partial charge >= 0.3 is 0 Å². The predicted molar refractivity (Wildman–Crippen MR) is 117 cm³/mol. The number of carbonyl (C=O) groups is 2. The van der Waals surface area contributed by atoms with E-state index in [9.17, 15) is 14.7 Å². The molecule has 1 unspecified atom stereocenters. The fourth-order valence-electron chi connectivity index (χ4n) is 3.46. The van der Waals surface area contributed by atoms with Crippen molar-refractivity contribution in [1.82, 2.24) is 4.90 Å². The number of aliphatic hydroxyl groups is 1. The van der Waals surface area contributed by atoms with E-state index in [-0.39, 0.29) is 17.4 Å². The third-order valence-corrected chi connectivity index (χ3v) is 5.69. The number of aliphatic hydroxyl groups excluding tert-OH is 1. The second-order valence-electron chi connectivity index (χ2n) is 7.24. The molecule has 1 amide bonds. The zero-order valence-corrected chi connectivity index (χ0v) is 18.3. The van der Waals surface area contributed by atoms with E-state index in [4.69, 9.17) is 9.47 Å². The molecule has 0 bridgehead atoms. The molecule has 1 fully saturated rings. The van der Waals surface area contributed by atoms with Crippen LogP contribution >= 0.6 is 11.3 Å². The maximum absolute atomic E-state index is 12.9. The van der Waals surface area contributed by atoms with Crippen molar-refractivity contribution >= 4 is 28.8 Å². The monoisotopic (exact) mass is 429 g/mol. The molecule has 1 atom stereocenters. The zero-order valence-electron chi connectivity index (χ0n) is 17.5. The molecule has 1 saturated heterocycles. The minimum atomic E-state index is -0.669. The highest BCUT2D eigenvalue weighted by Gasteiger charge is 2.46. The van der Waals surface area contributed by atoms with Crippen LogP contribution in [0.15, 0.2) is 47.4 Å². The number of hydrogen-bond acceptors (Lipinski definition) is 6. The predicted octanol–water partition coefficient (Wildman–Crippen LogP) is 4.38. The lowest BCUT2D eigenvalue weighted by Gasteiger charge is -2.24. The second kappa shape index (κ2) is 9.91. The smallest absolute Gasteiger partial charge is 0.295 e. The van der Waals surface area contributed by atoms with Gasteiger partial charge in [-0.05, 0) is 50.8 Å². The third-order valence-electron chi connectivity index (χ3n) is 4.77. The Labute approximate surface area is 180 Å². The number of ketones is 1. The molecular weight excluding hydrogens is 402 g/mol. The molecule has 0 radical (unpaired) electrons. The maximum Gasteiger partial charge on any atom is 0.295 e. The Bertz CT molecular complexity index is 919. The summed E-state index contributed by atoms with van der Waals surface area (Å²) in [7, 11) is 0. The molecule has 1 aliphatic rings. The van der Waals surface area contributed by atoms with E-state index in [2.05, 4.69) is 0 Å². The average molecular weight is 430 g/mol. The van der Waals surface area contributed by atoms with Crippen LogP contribution in [0.5, 0.6) is 5.75 Å². The first-order chi connectivity index (χ1) is 14.4. The molecule has 0 aliphatic carbocycles. The van der Waals surface area contributed by atoms with Crippen LogP contribution in [0.2, 0.25) is 0 Å². The Morgan fingerprint density at radius 2 is 2.03 bits per heavy atom. The maximum atomic E-state index is 12.9. The van der Waals surface area contributed by atoms with Crippen LogP contribution in [0.1, 0.15) is 43.7 Å². The second-order valence-corrected chi connectivity index (χ2v) is 8.22. The summed E-state index contributed by atoms with van der Waals surface area (Å²) in [6.45, 7) is 7.13. The van der Waals surface area contributed by atoms with Crippen LogP contribution < -0.4 is 4.74 Å². The van der Waals surface area contributed by atoms with Crippen LogP contribution in [0.4, 0.5) is 0 Å². The fourth-order valence-corrected chi connectivity index (χ4v) is 4.31. The van der Waals surface area contributed by atoms with Gasteiger partial charge in [0.1, 0.15) is 11.5 Å². The van der Waals surface area contributed by atoms with Gasteiger partial charge in [-0.25, -0.2) is 0 Å². The van der Waals surface area contributed by atoms with Crippen molar-refractivity contribution in [3.63, 3.8) is 0 Å². The summed E-state index contributed by atoms with van der Waals surface area (Å²) < 4.78 is 11.1. The first-order valence-electron chi connectivity index (χ1n) is 10.1. The highest BCUT2D eigenvalue weighted by Crippen LogP contribution is 2.41. The molecule has 2 aromatic rings. The van der Waals surface area contributed by atoms with Gasteiger partial charge < -0.3 is 19.5 Å². The highest BCUT2D eigenvalue weighted by atomic mass is 32.1. The SMILES string of the molecule is CCOc1cccc(/C(O)=C2/C(=O)C(=O)N(CCCOC(C)C)C2c2cccs2)c1. The molecule has 2 heterocycles. The van der Waals surface area contributed by atoms with Gasteiger partial charge in [0.05, 0.1) is 24.3 Å². The molecule has 1 aromatic heterocycles. The van der Waals surface area contributed by atoms with Gasteiger partial charge in [0.25, 0.3) is 11.7 Å². The number of amides is 1. The molecule has 0 saturated carbocycles. The van der Waals surface area contributed by atoms with Gasteiger partial charge in [0, 0.05) is 23.6 Å². The Balaban J connectivity index is 1.97. The van der Waals surface area contributed by atoms with Crippen molar-refractivity contribution in [2.24, 2.45) is 0 Å². The highest BCUT2D eigenvalue weighted by molar-refractivity contribution is 7.10. The minimum absolute atomic E-state index is 0.103. The first kappa shape index (κ1) is 22.1. The normalized spacial score (nSPS) is 18.4. The quantitative estimate of drug-likeness (QED) is 0.277. The van der Waals surface area contributed by atoms with Gasteiger partial charge in [0.2, 0.25) is 0 Å². The van der Waals surface area contributed by atoms with Crippen LogP contribution in [0.3, 0.4) is 0 Å². The van der Waals surface area contributed by atoms with E-state index in [1.165, 1.54) is 16.2 Å². The van der Waals surface area contributed by atoms with Crippen molar-refractivity contribution in [2.75, 3.05) is 19.8 Å². The molecule has 1 aliphatic heterocycles. The van der Waals surface area contributed by atoms with Crippen molar-refractivity contribution in [3.8, 4) is 5.75 Å².